The van der Waals surface area contributed by atoms with E-state index in [-0.39, 0.29) is 0 Å². The third-order valence-corrected chi connectivity index (χ3v) is 5.23. The predicted octanol–water partition coefficient (Wildman–Crippen LogP) is 3.55. The molecule has 8 heteroatoms. The maximum atomic E-state index is 5.72. The highest BCUT2D eigenvalue weighted by Crippen LogP contribution is 2.22. The average Bonchev–Trinajstić information content (AvgIpc) is 3.47. The van der Waals surface area contributed by atoms with Crippen molar-refractivity contribution in [1.29, 1.82) is 0 Å². The lowest BCUT2D eigenvalue weighted by Crippen LogP contribution is -2.25. The number of benzene rings is 1. The molecule has 2 aromatic rings. The monoisotopic (exact) mass is 409 g/mol. The summed E-state index contributed by atoms with van der Waals surface area (Å²) in [6.07, 6.45) is 6.50. The van der Waals surface area contributed by atoms with E-state index >= 15 is 0 Å². The molecule has 3 heterocycles. The molecule has 2 aliphatic heterocycles. The molecule has 160 valence electrons. The Kier molecular flexibility index (Phi) is 6.61. The number of rotatable bonds is 8. The molecule has 2 aliphatic rings. The van der Waals surface area contributed by atoms with Crippen molar-refractivity contribution in [2.24, 2.45) is 11.0 Å². The summed E-state index contributed by atoms with van der Waals surface area (Å²) in [5.74, 6) is 3.35. The predicted molar refractivity (Wildman–Crippen MR) is 121 cm³/mol. The maximum absolute atomic E-state index is 5.72. The van der Waals surface area contributed by atoms with Gasteiger partial charge in [0.15, 0.2) is 0 Å². The molecular weight excluding hydrogens is 378 g/mol. The number of hydrogen-bond acceptors (Lipinski definition) is 8. The Balaban J connectivity index is 1.43. The molecule has 0 saturated carbocycles. The standard InChI is InChI=1S/C22H31N7O/c1-17(2)16-30-19-9-7-18(8-10-19)15-23-27-20-24-21(28-11-3-4-12-28)26-22(25-20)29-13-5-6-14-29/h7-10,15,17H,3-6,11-14,16H2,1-2H3,(H,24,25,26,27)/b23-15-. The molecule has 8 nitrogen and oxygen atoms in total. The molecule has 0 aliphatic carbocycles. The van der Waals surface area contributed by atoms with Crippen molar-refractivity contribution in [3.8, 4) is 5.75 Å². The van der Waals surface area contributed by atoms with Crippen LogP contribution in [-0.2, 0) is 0 Å². The van der Waals surface area contributed by atoms with E-state index in [1.54, 1.807) is 6.21 Å². The highest BCUT2D eigenvalue weighted by Gasteiger charge is 2.21. The molecule has 0 atom stereocenters. The average molecular weight is 410 g/mol. The third kappa shape index (κ3) is 5.37. The number of hydrazone groups is 1. The van der Waals surface area contributed by atoms with Crippen molar-refractivity contribution in [2.45, 2.75) is 39.5 Å². The first kappa shape index (κ1) is 20.4. The van der Waals surface area contributed by atoms with Gasteiger partial charge < -0.3 is 14.5 Å². The van der Waals surface area contributed by atoms with Crippen molar-refractivity contribution in [3.05, 3.63) is 29.8 Å². The lowest BCUT2D eigenvalue weighted by molar-refractivity contribution is 0.271. The van der Waals surface area contributed by atoms with Gasteiger partial charge in [-0.1, -0.05) is 13.8 Å². The molecule has 0 amide bonds. The zero-order valence-electron chi connectivity index (χ0n) is 17.9. The zero-order valence-corrected chi connectivity index (χ0v) is 17.9. The molecule has 0 bridgehead atoms. The van der Waals surface area contributed by atoms with Crippen molar-refractivity contribution in [2.75, 3.05) is 48.0 Å². The van der Waals surface area contributed by atoms with Crippen molar-refractivity contribution >= 4 is 24.1 Å². The second-order valence-corrected chi connectivity index (χ2v) is 8.29. The first-order chi connectivity index (χ1) is 14.7. The summed E-state index contributed by atoms with van der Waals surface area (Å²) in [6.45, 7) is 8.98. The second kappa shape index (κ2) is 9.73. The van der Waals surface area contributed by atoms with E-state index in [2.05, 4.69) is 44.1 Å². The maximum Gasteiger partial charge on any atom is 0.250 e. The lowest BCUT2D eigenvalue weighted by atomic mass is 10.2. The van der Waals surface area contributed by atoms with E-state index in [1.807, 2.05) is 24.3 Å². The van der Waals surface area contributed by atoms with E-state index in [1.165, 1.54) is 25.7 Å². The molecule has 2 fully saturated rings. The Morgan fingerprint density at radius 1 is 0.933 bits per heavy atom. The fourth-order valence-corrected chi connectivity index (χ4v) is 3.60. The van der Waals surface area contributed by atoms with Crippen molar-refractivity contribution in [3.63, 3.8) is 0 Å². The van der Waals surface area contributed by atoms with Crippen LogP contribution in [-0.4, -0.2) is 54.0 Å². The van der Waals surface area contributed by atoms with Crippen LogP contribution in [0.1, 0.15) is 45.1 Å². The smallest absolute Gasteiger partial charge is 0.250 e. The van der Waals surface area contributed by atoms with Crippen LogP contribution >= 0.6 is 0 Å². The van der Waals surface area contributed by atoms with Gasteiger partial charge in [0.05, 0.1) is 12.8 Å². The van der Waals surface area contributed by atoms with Crippen LogP contribution in [0.4, 0.5) is 17.8 Å². The lowest BCUT2D eigenvalue weighted by Gasteiger charge is -2.20. The highest BCUT2D eigenvalue weighted by atomic mass is 16.5. The van der Waals surface area contributed by atoms with E-state index in [0.717, 1.165) is 49.4 Å². The Hall–Kier alpha value is -2.90. The first-order valence-electron chi connectivity index (χ1n) is 11.0. The van der Waals surface area contributed by atoms with E-state index < -0.39 is 0 Å². The molecule has 0 unspecified atom stereocenters. The summed E-state index contributed by atoms with van der Waals surface area (Å²) in [7, 11) is 0. The summed E-state index contributed by atoms with van der Waals surface area (Å²) in [4.78, 5) is 18.4. The molecule has 1 aromatic heterocycles. The summed E-state index contributed by atoms with van der Waals surface area (Å²) in [5.41, 5.74) is 3.98. The fourth-order valence-electron chi connectivity index (χ4n) is 3.60. The Bertz CT molecular complexity index is 807. The first-order valence-corrected chi connectivity index (χ1v) is 11.0. The summed E-state index contributed by atoms with van der Waals surface area (Å²) in [6, 6.07) is 7.90. The summed E-state index contributed by atoms with van der Waals surface area (Å²) >= 11 is 0. The molecular formula is C22H31N7O. The number of ether oxygens (including phenoxy) is 1. The van der Waals surface area contributed by atoms with Gasteiger partial charge in [0.25, 0.3) is 0 Å². The van der Waals surface area contributed by atoms with Crippen molar-refractivity contribution in [1.82, 2.24) is 15.0 Å². The molecule has 1 N–H and O–H groups in total. The van der Waals surface area contributed by atoms with Crippen LogP contribution in [0.3, 0.4) is 0 Å². The topological polar surface area (TPSA) is 78.8 Å². The van der Waals surface area contributed by atoms with Crippen LogP contribution in [0.15, 0.2) is 29.4 Å². The van der Waals surface area contributed by atoms with Crippen LogP contribution in [0.25, 0.3) is 0 Å². The van der Waals surface area contributed by atoms with Crippen molar-refractivity contribution < 1.29 is 4.74 Å². The summed E-state index contributed by atoms with van der Waals surface area (Å²) in [5, 5.41) is 4.35. The van der Waals surface area contributed by atoms with Crippen LogP contribution < -0.4 is 20.0 Å². The van der Waals surface area contributed by atoms with E-state index in [4.69, 9.17) is 9.72 Å². The number of hydrogen-bond donors (Lipinski definition) is 1. The molecule has 1 aromatic carbocycles. The number of anilines is 3. The Morgan fingerprint density at radius 3 is 2.03 bits per heavy atom. The van der Waals surface area contributed by atoms with Gasteiger partial charge in [0.2, 0.25) is 17.8 Å². The van der Waals surface area contributed by atoms with Gasteiger partial charge in [-0.25, -0.2) is 5.43 Å². The van der Waals surface area contributed by atoms with Crippen LogP contribution in [0.5, 0.6) is 5.75 Å². The normalized spacial score (nSPS) is 16.8. The van der Waals surface area contributed by atoms with Gasteiger partial charge in [0.1, 0.15) is 5.75 Å². The van der Waals surface area contributed by atoms with Gasteiger partial charge >= 0.3 is 0 Å². The fraction of sp³-hybridized carbons (Fsp3) is 0.545. The largest absolute Gasteiger partial charge is 0.493 e. The molecule has 4 rings (SSSR count). The number of nitrogens with one attached hydrogen (secondary N) is 1. The third-order valence-electron chi connectivity index (χ3n) is 5.23. The van der Waals surface area contributed by atoms with E-state index in [0.29, 0.717) is 18.5 Å². The van der Waals surface area contributed by atoms with Gasteiger partial charge in [0, 0.05) is 26.2 Å². The quantitative estimate of drug-likeness (QED) is 0.527. The molecule has 2 saturated heterocycles. The van der Waals surface area contributed by atoms with Gasteiger partial charge in [-0.2, -0.15) is 20.1 Å². The van der Waals surface area contributed by atoms with Crippen LogP contribution in [0.2, 0.25) is 0 Å². The minimum absolute atomic E-state index is 0.488. The van der Waals surface area contributed by atoms with Gasteiger partial charge in [-0.15, -0.1) is 0 Å². The minimum Gasteiger partial charge on any atom is -0.493 e. The van der Waals surface area contributed by atoms with E-state index in [9.17, 15) is 0 Å². The molecule has 0 spiro atoms. The minimum atomic E-state index is 0.488. The Morgan fingerprint density at radius 2 is 1.50 bits per heavy atom. The van der Waals surface area contributed by atoms with Gasteiger partial charge in [-0.05, 0) is 61.4 Å². The summed E-state index contributed by atoms with van der Waals surface area (Å²) < 4.78 is 5.72. The molecule has 30 heavy (non-hydrogen) atoms. The molecule has 0 radical (unpaired) electrons. The number of nitrogens with zero attached hydrogens (tertiary/aromatic N) is 6. The second-order valence-electron chi connectivity index (χ2n) is 8.29. The Labute approximate surface area is 178 Å². The van der Waals surface area contributed by atoms with Crippen LogP contribution in [0, 0.1) is 5.92 Å². The highest BCUT2D eigenvalue weighted by molar-refractivity contribution is 5.80. The zero-order chi connectivity index (χ0) is 20.8. The number of aromatic nitrogens is 3. The van der Waals surface area contributed by atoms with Gasteiger partial charge in [-0.3, -0.25) is 0 Å². The SMILES string of the molecule is CC(C)COc1ccc(/C=N\Nc2nc(N3CCCC3)nc(N3CCCC3)n2)cc1.